The van der Waals surface area contributed by atoms with Crippen LogP contribution in [0.25, 0.3) is 0 Å². The smallest absolute Gasteiger partial charge is 0.141 e. The van der Waals surface area contributed by atoms with E-state index in [1.54, 1.807) is 6.33 Å². The van der Waals surface area contributed by atoms with E-state index in [1.165, 1.54) is 16.8 Å². The monoisotopic (exact) mass is 255 g/mol. The number of para-hydroxylation sites is 1. The highest BCUT2D eigenvalue weighted by Crippen LogP contribution is 2.28. The fraction of sp³-hybridized carbons (Fsp3) is 0.429. The van der Waals surface area contributed by atoms with Crippen LogP contribution in [-0.2, 0) is 26.1 Å². The van der Waals surface area contributed by atoms with Crippen LogP contribution in [0.4, 0.5) is 5.69 Å². The molecular formula is C14H17N5. The number of benzene rings is 1. The lowest BCUT2D eigenvalue weighted by Crippen LogP contribution is -2.34. The standard InChI is InChI=1S/C14H17N5/c1-2-11-4-5-15-14(11)12(3-1)8-18-6-7-19-13(9-18)16-10-17-19/h1-3,10,15H,4-9H2. The van der Waals surface area contributed by atoms with Crippen LogP contribution in [-0.4, -0.2) is 32.8 Å². The first-order chi connectivity index (χ1) is 9.40. The molecule has 2 aliphatic rings. The molecule has 2 aromatic rings. The Morgan fingerprint density at radius 2 is 2.26 bits per heavy atom. The topological polar surface area (TPSA) is 46.0 Å². The Bertz CT molecular complexity index is 604. The van der Waals surface area contributed by atoms with Gasteiger partial charge in [-0.25, -0.2) is 9.67 Å². The third-order valence-corrected chi connectivity index (χ3v) is 4.02. The van der Waals surface area contributed by atoms with E-state index in [9.17, 15) is 0 Å². The second kappa shape index (κ2) is 4.35. The molecule has 19 heavy (non-hydrogen) atoms. The minimum atomic E-state index is 0.893. The molecule has 3 heterocycles. The van der Waals surface area contributed by atoms with Gasteiger partial charge in [0.05, 0.1) is 13.1 Å². The molecule has 0 spiro atoms. The third kappa shape index (κ3) is 1.90. The van der Waals surface area contributed by atoms with Gasteiger partial charge in [-0.15, -0.1) is 0 Å². The molecule has 0 radical (unpaired) electrons. The first-order valence-electron chi connectivity index (χ1n) is 6.84. The quantitative estimate of drug-likeness (QED) is 0.877. The van der Waals surface area contributed by atoms with Crippen LogP contribution in [0.15, 0.2) is 24.5 Å². The zero-order valence-electron chi connectivity index (χ0n) is 10.8. The highest BCUT2D eigenvalue weighted by molar-refractivity contribution is 5.61. The Labute approximate surface area is 112 Å². The lowest BCUT2D eigenvalue weighted by molar-refractivity contribution is 0.202. The molecule has 0 fully saturated rings. The van der Waals surface area contributed by atoms with Gasteiger partial charge in [0, 0.05) is 25.3 Å². The number of nitrogens with zero attached hydrogens (tertiary/aromatic N) is 4. The summed E-state index contributed by atoms with van der Waals surface area (Å²) in [7, 11) is 0. The molecular weight excluding hydrogens is 238 g/mol. The minimum absolute atomic E-state index is 0.893. The molecule has 0 atom stereocenters. The van der Waals surface area contributed by atoms with Gasteiger partial charge in [-0.05, 0) is 17.5 Å². The van der Waals surface area contributed by atoms with Gasteiger partial charge in [-0.3, -0.25) is 4.90 Å². The van der Waals surface area contributed by atoms with E-state index in [0.717, 1.165) is 45.0 Å². The number of hydrogen-bond donors (Lipinski definition) is 1. The molecule has 98 valence electrons. The zero-order valence-corrected chi connectivity index (χ0v) is 10.8. The summed E-state index contributed by atoms with van der Waals surface area (Å²) < 4.78 is 2.00. The molecule has 0 saturated carbocycles. The SMILES string of the molecule is c1cc2c(c(CN3CCn4ncnc4C3)c1)NCC2. The van der Waals surface area contributed by atoms with E-state index >= 15 is 0 Å². The zero-order chi connectivity index (χ0) is 12.7. The highest BCUT2D eigenvalue weighted by Gasteiger charge is 2.20. The first kappa shape index (κ1) is 11.0. The Balaban J connectivity index is 1.55. The Morgan fingerprint density at radius 3 is 3.26 bits per heavy atom. The maximum absolute atomic E-state index is 4.32. The van der Waals surface area contributed by atoms with E-state index in [-0.39, 0.29) is 0 Å². The Hall–Kier alpha value is -1.88. The molecule has 4 rings (SSSR count). The van der Waals surface area contributed by atoms with Crippen molar-refractivity contribution in [2.24, 2.45) is 0 Å². The fourth-order valence-corrected chi connectivity index (χ4v) is 3.03. The summed E-state index contributed by atoms with van der Waals surface area (Å²) in [6.07, 6.45) is 2.80. The van der Waals surface area contributed by atoms with Crippen LogP contribution in [0.3, 0.4) is 0 Å². The molecule has 0 aliphatic carbocycles. The van der Waals surface area contributed by atoms with Crippen LogP contribution in [0, 0.1) is 0 Å². The summed E-state index contributed by atoms with van der Waals surface area (Å²) in [6.45, 7) is 4.94. The van der Waals surface area contributed by atoms with Crippen LogP contribution >= 0.6 is 0 Å². The highest BCUT2D eigenvalue weighted by atomic mass is 15.4. The van der Waals surface area contributed by atoms with Crippen LogP contribution in [0.5, 0.6) is 0 Å². The van der Waals surface area contributed by atoms with Crippen molar-refractivity contribution < 1.29 is 0 Å². The summed E-state index contributed by atoms with van der Waals surface area (Å²) in [5.41, 5.74) is 4.22. The number of aromatic nitrogens is 3. The van der Waals surface area contributed by atoms with E-state index < -0.39 is 0 Å². The lowest BCUT2D eigenvalue weighted by atomic mass is 10.1. The van der Waals surface area contributed by atoms with Crippen molar-refractivity contribution in [1.29, 1.82) is 0 Å². The average molecular weight is 255 g/mol. The van der Waals surface area contributed by atoms with Crippen LogP contribution in [0.2, 0.25) is 0 Å². The summed E-state index contributed by atoms with van der Waals surface area (Å²) in [5.74, 6) is 1.08. The molecule has 0 saturated heterocycles. The van der Waals surface area contributed by atoms with Gasteiger partial charge in [-0.1, -0.05) is 18.2 Å². The van der Waals surface area contributed by atoms with Crippen molar-refractivity contribution in [2.75, 3.05) is 18.4 Å². The van der Waals surface area contributed by atoms with E-state index in [4.69, 9.17) is 0 Å². The van der Waals surface area contributed by atoms with Gasteiger partial charge in [0.1, 0.15) is 12.2 Å². The molecule has 1 aromatic carbocycles. The van der Waals surface area contributed by atoms with Crippen LogP contribution < -0.4 is 5.32 Å². The van der Waals surface area contributed by atoms with Gasteiger partial charge < -0.3 is 5.32 Å². The average Bonchev–Trinajstić information content (AvgIpc) is 3.06. The van der Waals surface area contributed by atoms with Gasteiger partial charge in [0.15, 0.2) is 0 Å². The van der Waals surface area contributed by atoms with Crippen LogP contribution in [0.1, 0.15) is 17.0 Å². The van der Waals surface area contributed by atoms with Crippen molar-refractivity contribution in [1.82, 2.24) is 19.7 Å². The number of hydrogen-bond acceptors (Lipinski definition) is 4. The second-order valence-electron chi connectivity index (χ2n) is 5.24. The van der Waals surface area contributed by atoms with E-state index in [1.807, 2.05) is 4.68 Å². The Morgan fingerprint density at radius 1 is 1.26 bits per heavy atom. The molecule has 0 unspecified atom stereocenters. The molecule has 2 aliphatic heterocycles. The Kier molecular flexibility index (Phi) is 2.51. The normalized spacial score (nSPS) is 17.9. The number of anilines is 1. The molecule has 5 heteroatoms. The molecule has 1 N–H and O–H groups in total. The third-order valence-electron chi connectivity index (χ3n) is 4.02. The minimum Gasteiger partial charge on any atom is -0.384 e. The van der Waals surface area contributed by atoms with Crippen molar-refractivity contribution in [3.05, 3.63) is 41.5 Å². The van der Waals surface area contributed by atoms with Gasteiger partial charge in [0.2, 0.25) is 0 Å². The fourth-order valence-electron chi connectivity index (χ4n) is 3.03. The van der Waals surface area contributed by atoms with Gasteiger partial charge in [0.25, 0.3) is 0 Å². The lowest BCUT2D eigenvalue weighted by Gasteiger charge is -2.27. The van der Waals surface area contributed by atoms with Crippen molar-refractivity contribution in [2.45, 2.75) is 26.1 Å². The van der Waals surface area contributed by atoms with Crippen molar-refractivity contribution in [3.8, 4) is 0 Å². The molecule has 0 amide bonds. The first-order valence-corrected chi connectivity index (χ1v) is 6.84. The number of nitrogens with one attached hydrogen (secondary N) is 1. The molecule has 1 aromatic heterocycles. The second-order valence-corrected chi connectivity index (χ2v) is 5.24. The molecule has 0 bridgehead atoms. The largest absolute Gasteiger partial charge is 0.384 e. The summed E-state index contributed by atoms with van der Waals surface area (Å²) in [6, 6.07) is 6.63. The van der Waals surface area contributed by atoms with E-state index in [0.29, 0.717) is 0 Å². The summed E-state index contributed by atoms with van der Waals surface area (Å²) in [5, 5.41) is 7.74. The summed E-state index contributed by atoms with van der Waals surface area (Å²) >= 11 is 0. The maximum Gasteiger partial charge on any atom is 0.141 e. The van der Waals surface area contributed by atoms with Crippen molar-refractivity contribution in [3.63, 3.8) is 0 Å². The molecule has 5 nitrogen and oxygen atoms in total. The maximum atomic E-state index is 4.32. The van der Waals surface area contributed by atoms with Crippen molar-refractivity contribution >= 4 is 5.69 Å². The van der Waals surface area contributed by atoms with Gasteiger partial charge in [-0.2, -0.15) is 5.10 Å². The van der Waals surface area contributed by atoms with Gasteiger partial charge >= 0.3 is 0 Å². The van der Waals surface area contributed by atoms with E-state index in [2.05, 4.69) is 38.5 Å². The predicted octanol–water partition coefficient (Wildman–Crippen LogP) is 1.26. The number of rotatable bonds is 2. The number of fused-ring (bicyclic) bond motifs is 2. The summed E-state index contributed by atoms with van der Waals surface area (Å²) in [4.78, 5) is 6.76. The predicted molar refractivity (Wildman–Crippen MR) is 72.8 cm³/mol.